The zero-order valence-electron chi connectivity index (χ0n) is 26.6. The number of aryl methyl sites for hydroxylation is 1. The van der Waals surface area contributed by atoms with E-state index in [0.29, 0.717) is 60.9 Å². The number of benzene rings is 1. The molecule has 2 fully saturated rings. The van der Waals surface area contributed by atoms with Crippen molar-refractivity contribution in [2.24, 2.45) is 0 Å². The zero-order valence-corrected chi connectivity index (χ0v) is 26.6. The van der Waals surface area contributed by atoms with Crippen LogP contribution in [0.25, 0.3) is 0 Å². The van der Waals surface area contributed by atoms with Crippen molar-refractivity contribution in [3.8, 4) is 6.01 Å². The van der Waals surface area contributed by atoms with Gasteiger partial charge in [-0.25, -0.2) is 13.8 Å². The second-order valence-corrected chi connectivity index (χ2v) is 13.2. The summed E-state index contributed by atoms with van der Waals surface area (Å²) in [6, 6.07) is 1.61. The van der Waals surface area contributed by atoms with E-state index >= 15 is 4.39 Å². The van der Waals surface area contributed by atoms with E-state index in [0.717, 1.165) is 31.5 Å². The lowest BCUT2D eigenvalue weighted by Gasteiger charge is -2.33. The Kier molecular flexibility index (Phi) is 8.21. The van der Waals surface area contributed by atoms with Gasteiger partial charge in [-0.3, -0.25) is 9.69 Å². The highest BCUT2D eigenvalue weighted by Crippen LogP contribution is 2.44. The molecular weight excluding hydrogens is 641 g/mol. The molecule has 48 heavy (non-hydrogen) atoms. The number of anilines is 2. The second kappa shape index (κ2) is 12.1. The number of nitrogen functional groups attached to an aromatic ring is 1. The number of alkyl halides is 4. The quantitative estimate of drug-likeness (QED) is 0.292. The average molecular weight is 678 g/mol. The highest BCUT2D eigenvalue weighted by Gasteiger charge is 2.49. The third-order valence-electron chi connectivity index (χ3n) is 9.77. The Morgan fingerprint density at radius 2 is 1.98 bits per heavy atom. The highest BCUT2D eigenvalue weighted by atomic mass is 19.4. The maximum atomic E-state index is 15.3. The smallest absolute Gasteiger partial charge is 0.416 e. The summed E-state index contributed by atoms with van der Waals surface area (Å²) in [7, 11) is 3.20. The first-order valence-corrected chi connectivity index (χ1v) is 16.0. The molecule has 2 aromatic heterocycles. The molecule has 0 aliphatic carbocycles. The van der Waals surface area contributed by atoms with Crippen LogP contribution in [0.15, 0.2) is 16.5 Å². The third-order valence-corrected chi connectivity index (χ3v) is 9.77. The number of carbonyl (C=O) groups is 1. The summed E-state index contributed by atoms with van der Waals surface area (Å²) in [4.78, 5) is 31.8. The van der Waals surface area contributed by atoms with E-state index in [1.807, 2.05) is 4.90 Å². The molecule has 16 heteroatoms. The van der Waals surface area contributed by atoms with Gasteiger partial charge in [-0.2, -0.15) is 23.1 Å². The average Bonchev–Trinajstić information content (AvgIpc) is 3.66. The summed E-state index contributed by atoms with van der Waals surface area (Å²) < 4.78 is 89.8. The number of halogens is 5. The maximum Gasteiger partial charge on any atom is 0.416 e. The molecule has 1 amide bonds. The van der Waals surface area contributed by atoms with Crippen LogP contribution in [0.4, 0.5) is 33.5 Å². The molecule has 0 saturated carbocycles. The number of ether oxygens (including phenoxy) is 2. The maximum absolute atomic E-state index is 15.3. The van der Waals surface area contributed by atoms with Crippen molar-refractivity contribution in [1.29, 1.82) is 0 Å². The minimum atomic E-state index is -4.85. The minimum Gasteiger partial charge on any atom is -0.461 e. The molecule has 0 bridgehead atoms. The molecule has 4 aliphatic heterocycles. The van der Waals surface area contributed by atoms with Gasteiger partial charge in [0.25, 0.3) is 5.89 Å². The fourth-order valence-electron chi connectivity index (χ4n) is 7.42. The van der Waals surface area contributed by atoms with Crippen molar-refractivity contribution in [2.75, 3.05) is 51.0 Å². The van der Waals surface area contributed by atoms with Crippen molar-refractivity contribution in [3.63, 3.8) is 0 Å². The lowest BCUT2D eigenvalue weighted by Crippen LogP contribution is -2.43. The molecule has 11 nitrogen and oxygen atoms in total. The second-order valence-electron chi connectivity index (χ2n) is 13.2. The first-order chi connectivity index (χ1) is 22.8. The SMILES string of the molecule is CN(C)C(=O)c1nc2c(o1)CCCN(c1nc(OC[C@@]34CCCN3C[C@H](F)C4)nc3c1CO[C@H](c1c(C(F)(F)F)ccc(N)c1F)C3)C2. The Morgan fingerprint density at radius 1 is 1.17 bits per heavy atom. The van der Waals surface area contributed by atoms with Crippen LogP contribution >= 0.6 is 0 Å². The Labute approximate surface area is 273 Å². The fraction of sp³-hybridized carbons (Fsp3) is 0.562. The van der Waals surface area contributed by atoms with Crippen LogP contribution < -0.4 is 15.4 Å². The van der Waals surface area contributed by atoms with Crippen molar-refractivity contribution < 1.29 is 40.6 Å². The molecule has 4 aliphatic rings. The van der Waals surface area contributed by atoms with E-state index in [4.69, 9.17) is 24.6 Å². The van der Waals surface area contributed by atoms with Gasteiger partial charge in [-0.05, 0) is 37.9 Å². The molecule has 3 aromatic rings. The molecule has 6 heterocycles. The van der Waals surface area contributed by atoms with E-state index in [-0.39, 0.29) is 44.0 Å². The first-order valence-electron chi connectivity index (χ1n) is 16.0. The summed E-state index contributed by atoms with van der Waals surface area (Å²) in [6.45, 7) is 1.73. The Bertz CT molecular complexity index is 1730. The van der Waals surface area contributed by atoms with Crippen LogP contribution in [-0.4, -0.2) is 82.7 Å². The number of fused-ring (bicyclic) bond motifs is 3. The van der Waals surface area contributed by atoms with Crippen LogP contribution in [0.3, 0.4) is 0 Å². The number of amides is 1. The molecule has 0 spiro atoms. The minimum absolute atomic E-state index is 0.0230. The molecule has 3 atom stereocenters. The lowest BCUT2D eigenvalue weighted by atomic mass is 9.94. The molecule has 258 valence electrons. The molecule has 1 aromatic carbocycles. The number of hydrogen-bond acceptors (Lipinski definition) is 10. The zero-order chi connectivity index (χ0) is 34.0. The molecule has 7 rings (SSSR count). The number of hydrogen-bond donors (Lipinski definition) is 1. The third kappa shape index (κ3) is 5.82. The van der Waals surface area contributed by atoms with Crippen molar-refractivity contribution in [1.82, 2.24) is 24.8 Å². The largest absolute Gasteiger partial charge is 0.461 e. The van der Waals surface area contributed by atoms with Gasteiger partial charge in [0.05, 0.1) is 41.7 Å². The number of oxazole rings is 1. The van der Waals surface area contributed by atoms with E-state index < -0.39 is 46.6 Å². The molecule has 0 radical (unpaired) electrons. The topological polar surface area (TPSA) is 123 Å². The summed E-state index contributed by atoms with van der Waals surface area (Å²) >= 11 is 0. The summed E-state index contributed by atoms with van der Waals surface area (Å²) in [6.07, 6.45) is -4.25. The standard InChI is InChI=1S/C32H36F5N7O4/c1-42(2)29(45)28-39-22-14-43(9-3-5-23(22)48-28)27-18-15-46-24(25-19(32(35,36)37)6-7-20(38)26(25)34)11-21(18)40-30(41-27)47-16-31-8-4-10-44(31)13-17(33)12-31/h6-7,17,24H,3-5,8-16,38H2,1-2H3/t17-,24+,31+/m1/s1. The highest BCUT2D eigenvalue weighted by molar-refractivity contribution is 5.89. The van der Waals surface area contributed by atoms with E-state index in [9.17, 15) is 22.4 Å². The molecule has 2 saturated heterocycles. The van der Waals surface area contributed by atoms with Gasteiger partial charge in [0.2, 0.25) is 0 Å². The summed E-state index contributed by atoms with van der Waals surface area (Å²) in [5, 5.41) is 0. The first kappa shape index (κ1) is 32.5. The van der Waals surface area contributed by atoms with Crippen LogP contribution in [0.2, 0.25) is 0 Å². The van der Waals surface area contributed by atoms with Crippen LogP contribution in [-0.2, 0) is 36.9 Å². The Balaban J connectivity index is 1.26. The molecule has 2 N–H and O–H groups in total. The van der Waals surface area contributed by atoms with Crippen molar-refractivity contribution in [2.45, 2.75) is 75.7 Å². The number of carbonyl (C=O) groups excluding carboxylic acids is 1. The monoisotopic (exact) mass is 677 g/mol. The van der Waals surface area contributed by atoms with Gasteiger partial charge in [-0.1, -0.05) is 0 Å². The molecular formula is C32H36F5N7O4. The predicted octanol–water partition coefficient (Wildman–Crippen LogP) is 4.63. The summed E-state index contributed by atoms with van der Waals surface area (Å²) in [5.41, 5.74) is 4.32. The summed E-state index contributed by atoms with van der Waals surface area (Å²) in [5.74, 6) is -0.596. The van der Waals surface area contributed by atoms with Gasteiger partial charge in [0.1, 0.15) is 30.1 Å². The van der Waals surface area contributed by atoms with Gasteiger partial charge >= 0.3 is 18.1 Å². The van der Waals surface area contributed by atoms with Crippen LogP contribution in [0, 0.1) is 5.82 Å². The Morgan fingerprint density at radius 3 is 2.75 bits per heavy atom. The normalized spacial score (nSPS) is 24.2. The van der Waals surface area contributed by atoms with Crippen molar-refractivity contribution >= 4 is 17.4 Å². The number of aromatic nitrogens is 3. The Hall–Kier alpha value is -4.05. The number of nitrogens with two attached hydrogens (primary N) is 1. The number of rotatable bonds is 6. The predicted molar refractivity (Wildman–Crippen MR) is 162 cm³/mol. The van der Waals surface area contributed by atoms with Crippen LogP contribution in [0.5, 0.6) is 6.01 Å². The van der Waals surface area contributed by atoms with Gasteiger partial charge in [-0.15, -0.1) is 0 Å². The van der Waals surface area contributed by atoms with E-state index in [2.05, 4.69) is 14.9 Å². The molecule has 0 unspecified atom stereocenters. The van der Waals surface area contributed by atoms with E-state index in [1.54, 1.807) is 14.1 Å². The van der Waals surface area contributed by atoms with Crippen molar-refractivity contribution in [3.05, 3.63) is 57.7 Å². The van der Waals surface area contributed by atoms with Gasteiger partial charge in [0, 0.05) is 57.6 Å². The number of nitrogens with zero attached hydrogens (tertiary/aromatic N) is 6. The fourth-order valence-corrected chi connectivity index (χ4v) is 7.42. The van der Waals surface area contributed by atoms with E-state index in [1.165, 1.54) is 4.90 Å². The van der Waals surface area contributed by atoms with Crippen LogP contribution in [0.1, 0.15) is 76.3 Å². The lowest BCUT2D eigenvalue weighted by molar-refractivity contribution is -0.140. The van der Waals surface area contributed by atoms with Gasteiger partial charge < -0.3 is 29.4 Å². The van der Waals surface area contributed by atoms with Gasteiger partial charge in [0.15, 0.2) is 5.82 Å².